The molecule has 0 aliphatic carbocycles. The van der Waals surface area contributed by atoms with E-state index in [2.05, 4.69) is 5.32 Å². The first-order valence-electron chi connectivity index (χ1n) is 12.5. The fraction of sp³-hybridized carbons (Fsp3) is 0.125. The topological polar surface area (TPSA) is 80.6 Å². The van der Waals surface area contributed by atoms with Gasteiger partial charge in [0.2, 0.25) is 0 Å². The van der Waals surface area contributed by atoms with Gasteiger partial charge in [-0.2, -0.15) is 0 Å². The molecule has 5 aromatic rings. The molecule has 0 radical (unpaired) electrons. The molecule has 1 aromatic heterocycles. The minimum atomic E-state index is -1.10. The molecule has 2 N–H and O–H groups in total. The highest BCUT2D eigenvalue weighted by molar-refractivity contribution is 6.30. The van der Waals surface area contributed by atoms with Gasteiger partial charge in [-0.1, -0.05) is 72.3 Å². The Labute approximate surface area is 231 Å². The van der Waals surface area contributed by atoms with Crippen molar-refractivity contribution in [3.8, 4) is 16.9 Å². The third-order valence-electron chi connectivity index (χ3n) is 6.67. The van der Waals surface area contributed by atoms with Crippen molar-refractivity contribution in [3.05, 3.63) is 125 Å². The Morgan fingerprint density at radius 3 is 2.26 bits per heavy atom. The van der Waals surface area contributed by atoms with E-state index < -0.39 is 17.9 Å². The highest BCUT2D eigenvalue weighted by atomic mass is 35.5. The first-order valence-corrected chi connectivity index (χ1v) is 12.9. The first-order chi connectivity index (χ1) is 18.9. The number of aliphatic carboxylic acids is 1. The van der Waals surface area contributed by atoms with Gasteiger partial charge in [-0.05, 0) is 64.7 Å². The molecule has 0 aliphatic rings. The van der Waals surface area contributed by atoms with Gasteiger partial charge in [0.25, 0.3) is 5.91 Å². The molecule has 39 heavy (non-hydrogen) atoms. The van der Waals surface area contributed by atoms with Gasteiger partial charge in [-0.3, -0.25) is 4.79 Å². The maximum atomic E-state index is 13.2. The summed E-state index contributed by atoms with van der Waals surface area (Å²) in [7, 11) is 1.79. The number of carbonyl (C=O) groups excluding carboxylic acids is 1. The predicted molar refractivity (Wildman–Crippen MR) is 153 cm³/mol. The van der Waals surface area contributed by atoms with Crippen LogP contribution in [0, 0.1) is 0 Å². The van der Waals surface area contributed by atoms with Crippen molar-refractivity contribution in [2.75, 3.05) is 0 Å². The van der Waals surface area contributed by atoms with E-state index in [-0.39, 0.29) is 6.42 Å². The molecular formula is C32H27ClN2O4. The molecule has 196 valence electrons. The number of carbonyl (C=O) groups is 2. The van der Waals surface area contributed by atoms with Gasteiger partial charge in [0, 0.05) is 29.4 Å². The number of aryl methyl sites for hydroxylation is 1. The molecule has 0 saturated heterocycles. The number of rotatable bonds is 9. The van der Waals surface area contributed by atoms with Crippen LogP contribution in [0.2, 0.25) is 5.02 Å². The summed E-state index contributed by atoms with van der Waals surface area (Å²) in [4.78, 5) is 25.2. The van der Waals surface area contributed by atoms with Crippen molar-refractivity contribution in [2.45, 2.75) is 19.1 Å². The molecule has 0 spiro atoms. The fourth-order valence-corrected chi connectivity index (χ4v) is 4.65. The maximum absolute atomic E-state index is 13.2. The van der Waals surface area contributed by atoms with Gasteiger partial charge in [-0.15, -0.1) is 0 Å². The number of nitrogens with one attached hydrogen (secondary N) is 1. The van der Waals surface area contributed by atoms with Crippen molar-refractivity contribution in [1.82, 2.24) is 9.88 Å². The lowest BCUT2D eigenvalue weighted by molar-refractivity contribution is -0.139. The minimum absolute atomic E-state index is 0.144. The second kappa shape index (κ2) is 11.5. The molecule has 0 fully saturated rings. The zero-order valence-corrected chi connectivity index (χ0v) is 22.1. The predicted octanol–water partition coefficient (Wildman–Crippen LogP) is 6.50. The van der Waals surface area contributed by atoms with Gasteiger partial charge in [-0.25, -0.2) is 4.79 Å². The number of ether oxygens (including phenoxy) is 1. The summed E-state index contributed by atoms with van der Waals surface area (Å²) in [5.74, 6) is -0.861. The van der Waals surface area contributed by atoms with Crippen LogP contribution in [-0.2, 0) is 24.9 Å². The monoisotopic (exact) mass is 538 g/mol. The summed E-state index contributed by atoms with van der Waals surface area (Å²) in [6, 6.07) is 31.3. The SMILES string of the molecule is Cn1c(C(=O)NC(Cc2ccc(OCc3ccccc3)cc2)C(=O)O)cc2cc(-c3ccc(Cl)cc3)ccc21. The number of aromatic nitrogens is 1. The summed E-state index contributed by atoms with van der Waals surface area (Å²) in [6.45, 7) is 0.445. The number of halogens is 1. The second-order valence-electron chi connectivity index (χ2n) is 9.36. The van der Waals surface area contributed by atoms with E-state index in [0.717, 1.165) is 33.2 Å². The smallest absolute Gasteiger partial charge is 0.326 e. The van der Waals surface area contributed by atoms with E-state index in [1.54, 1.807) is 29.8 Å². The summed E-state index contributed by atoms with van der Waals surface area (Å²) in [5.41, 5.74) is 5.10. The molecule has 4 aromatic carbocycles. The summed E-state index contributed by atoms with van der Waals surface area (Å²) >= 11 is 6.01. The van der Waals surface area contributed by atoms with Crippen LogP contribution in [0.3, 0.4) is 0 Å². The molecule has 0 bridgehead atoms. The fourth-order valence-electron chi connectivity index (χ4n) is 4.52. The van der Waals surface area contributed by atoms with Crippen molar-refractivity contribution < 1.29 is 19.4 Å². The van der Waals surface area contributed by atoms with E-state index in [9.17, 15) is 14.7 Å². The summed E-state index contributed by atoms with van der Waals surface area (Å²) in [5, 5.41) is 14.1. The Hall–Kier alpha value is -4.55. The Kier molecular flexibility index (Phi) is 7.66. The third kappa shape index (κ3) is 6.13. The van der Waals surface area contributed by atoms with Crippen LogP contribution < -0.4 is 10.1 Å². The van der Waals surface area contributed by atoms with E-state index in [1.165, 1.54) is 0 Å². The normalized spacial score (nSPS) is 11.7. The van der Waals surface area contributed by atoms with E-state index in [4.69, 9.17) is 16.3 Å². The lowest BCUT2D eigenvalue weighted by Crippen LogP contribution is -2.42. The molecule has 7 heteroatoms. The largest absolute Gasteiger partial charge is 0.489 e. The standard InChI is InChI=1S/C32H27ClN2O4/c1-35-29-16-11-24(23-9-12-26(33)13-10-23)18-25(29)19-30(35)31(36)34-28(32(37)38)17-21-7-14-27(15-8-21)39-20-22-5-3-2-4-6-22/h2-16,18-19,28H,17,20H2,1H3,(H,34,36)(H,37,38). The zero-order chi connectivity index (χ0) is 27.4. The molecule has 1 unspecified atom stereocenters. The Morgan fingerprint density at radius 2 is 1.56 bits per heavy atom. The van der Waals surface area contributed by atoms with Crippen molar-refractivity contribution in [3.63, 3.8) is 0 Å². The number of fused-ring (bicyclic) bond motifs is 1. The molecule has 1 amide bonds. The number of carboxylic acids is 1. The van der Waals surface area contributed by atoms with Crippen LogP contribution in [0.5, 0.6) is 5.75 Å². The maximum Gasteiger partial charge on any atom is 0.326 e. The third-order valence-corrected chi connectivity index (χ3v) is 6.92. The second-order valence-corrected chi connectivity index (χ2v) is 9.79. The molecule has 1 atom stereocenters. The molecule has 1 heterocycles. The molecular weight excluding hydrogens is 512 g/mol. The summed E-state index contributed by atoms with van der Waals surface area (Å²) < 4.78 is 7.58. The number of benzene rings is 4. The van der Waals surface area contributed by atoms with Crippen LogP contribution in [-0.4, -0.2) is 27.6 Å². The number of hydrogen-bond acceptors (Lipinski definition) is 3. The van der Waals surface area contributed by atoms with Gasteiger partial charge in [0.1, 0.15) is 24.1 Å². The average Bonchev–Trinajstić information content (AvgIpc) is 3.29. The van der Waals surface area contributed by atoms with Crippen LogP contribution >= 0.6 is 11.6 Å². The van der Waals surface area contributed by atoms with Crippen LogP contribution in [0.15, 0.2) is 103 Å². The number of hydrogen-bond donors (Lipinski definition) is 2. The quantitative estimate of drug-likeness (QED) is 0.224. The number of carboxylic acid groups (broad SMARTS) is 1. The van der Waals surface area contributed by atoms with Gasteiger partial charge < -0.3 is 19.7 Å². The highest BCUT2D eigenvalue weighted by Gasteiger charge is 2.23. The number of nitrogens with zero attached hydrogens (tertiary/aromatic N) is 1. The Balaban J connectivity index is 1.27. The van der Waals surface area contributed by atoms with Gasteiger partial charge in [0.15, 0.2) is 0 Å². The molecule has 0 aliphatic heterocycles. The molecule has 5 rings (SSSR count). The van der Waals surface area contributed by atoms with Crippen molar-refractivity contribution in [1.29, 1.82) is 0 Å². The zero-order valence-electron chi connectivity index (χ0n) is 21.3. The van der Waals surface area contributed by atoms with Crippen LogP contribution in [0.25, 0.3) is 22.0 Å². The summed E-state index contributed by atoms with van der Waals surface area (Å²) in [6.07, 6.45) is 0.144. The highest BCUT2D eigenvalue weighted by Crippen LogP contribution is 2.27. The van der Waals surface area contributed by atoms with E-state index in [0.29, 0.717) is 23.1 Å². The minimum Gasteiger partial charge on any atom is -0.489 e. The van der Waals surface area contributed by atoms with Crippen LogP contribution in [0.1, 0.15) is 21.6 Å². The molecule has 0 saturated carbocycles. The van der Waals surface area contributed by atoms with Crippen LogP contribution in [0.4, 0.5) is 0 Å². The van der Waals surface area contributed by atoms with Gasteiger partial charge in [0.05, 0.1) is 0 Å². The van der Waals surface area contributed by atoms with E-state index >= 15 is 0 Å². The Bertz CT molecular complexity index is 1610. The lowest BCUT2D eigenvalue weighted by atomic mass is 10.0. The average molecular weight is 539 g/mol. The Morgan fingerprint density at radius 1 is 0.872 bits per heavy atom. The van der Waals surface area contributed by atoms with Crippen molar-refractivity contribution in [2.24, 2.45) is 7.05 Å². The lowest BCUT2D eigenvalue weighted by Gasteiger charge is -2.15. The first kappa shape index (κ1) is 26.1. The van der Waals surface area contributed by atoms with E-state index in [1.807, 2.05) is 84.9 Å². The van der Waals surface area contributed by atoms with Gasteiger partial charge >= 0.3 is 5.97 Å². The molecule has 6 nitrogen and oxygen atoms in total. The number of amides is 1. The van der Waals surface area contributed by atoms with Crippen molar-refractivity contribution >= 4 is 34.4 Å².